The zero-order valence-corrected chi connectivity index (χ0v) is 7.36. The van der Waals surface area contributed by atoms with Crippen LogP contribution in [0.4, 0.5) is 0 Å². The maximum absolute atomic E-state index is 11.1. The number of hydrogen-bond donors (Lipinski definition) is 0. The van der Waals surface area contributed by atoms with Crippen LogP contribution in [0.5, 0.6) is 0 Å². The molecule has 1 heterocycles. The van der Waals surface area contributed by atoms with Crippen molar-refractivity contribution in [3.8, 4) is 0 Å². The third kappa shape index (κ3) is 1.47. The van der Waals surface area contributed by atoms with E-state index in [1.807, 2.05) is 36.4 Å². The molecule has 0 bridgehead atoms. The first-order chi connectivity index (χ1) is 6.27. The van der Waals surface area contributed by atoms with Crippen LogP contribution in [0.3, 0.4) is 0 Å². The summed E-state index contributed by atoms with van der Waals surface area (Å²) in [4.78, 5) is 11.1. The number of carbonyl (C=O) groups excluding carboxylic acids is 1. The van der Waals surface area contributed by atoms with Gasteiger partial charge in [0.2, 0.25) is 0 Å². The SMILES string of the molecule is CC1=CC(c2ccccc2)OC1=O. The second-order valence-corrected chi connectivity index (χ2v) is 3.09. The summed E-state index contributed by atoms with van der Waals surface area (Å²) in [7, 11) is 0. The molecule has 2 heteroatoms. The topological polar surface area (TPSA) is 26.3 Å². The van der Waals surface area contributed by atoms with Gasteiger partial charge >= 0.3 is 5.97 Å². The molecule has 0 spiro atoms. The molecule has 66 valence electrons. The molecule has 0 fully saturated rings. The van der Waals surface area contributed by atoms with E-state index >= 15 is 0 Å². The number of benzene rings is 1. The van der Waals surface area contributed by atoms with E-state index in [0.717, 1.165) is 5.56 Å². The third-order valence-corrected chi connectivity index (χ3v) is 2.09. The lowest BCUT2D eigenvalue weighted by Crippen LogP contribution is -2.00. The van der Waals surface area contributed by atoms with Crippen LogP contribution in [-0.2, 0) is 9.53 Å². The Morgan fingerprint density at radius 2 is 1.92 bits per heavy atom. The van der Waals surface area contributed by atoms with Crippen molar-refractivity contribution in [2.75, 3.05) is 0 Å². The van der Waals surface area contributed by atoms with E-state index in [2.05, 4.69) is 0 Å². The monoisotopic (exact) mass is 174 g/mol. The van der Waals surface area contributed by atoms with Gasteiger partial charge in [0, 0.05) is 5.57 Å². The van der Waals surface area contributed by atoms with Gasteiger partial charge in [-0.2, -0.15) is 0 Å². The van der Waals surface area contributed by atoms with Gasteiger partial charge in [-0.15, -0.1) is 0 Å². The molecule has 2 nitrogen and oxygen atoms in total. The smallest absolute Gasteiger partial charge is 0.334 e. The Bertz CT molecular complexity index is 352. The molecular weight excluding hydrogens is 164 g/mol. The molecule has 0 aliphatic carbocycles. The highest BCUT2D eigenvalue weighted by atomic mass is 16.5. The van der Waals surface area contributed by atoms with Gasteiger partial charge in [0.1, 0.15) is 6.10 Å². The van der Waals surface area contributed by atoms with Gasteiger partial charge in [-0.05, 0) is 18.6 Å². The molecule has 0 saturated heterocycles. The highest BCUT2D eigenvalue weighted by Crippen LogP contribution is 2.26. The Balaban J connectivity index is 2.27. The average Bonchev–Trinajstić information content (AvgIpc) is 2.49. The van der Waals surface area contributed by atoms with Crippen molar-refractivity contribution in [1.29, 1.82) is 0 Å². The number of esters is 1. The second-order valence-electron chi connectivity index (χ2n) is 3.09. The molecule has 1 aromatic carbocycles. The molecule has 1 aliphatic rings. The standard InChI is InChI=1S/C11H10O2/c1-8-7-10(13-11(8)12)9-5-3-2-4-6-9/h2-7,10H,1H3. The number of carbonyl (C=O) groups is 1. The average molecular weight is 174 g/mol. The number of ether oxygens (including phenoxy) is 1. The number of hydrogen-bond acceptors (Lipinski definition) is 2. The summed E-state index contributed by atoms with van der Waals surface area (Å²) in [5.41, 5.74) is 1.71. The van der Waals surface area contributed by atoms with Gasteiger partial charge in [-0.1, -0.05) is 30.3 Å². The summed E-state index contributed by atoms with van der Waals surface area (Å²) in [6, 6.07) is 9.71. The highest BCUT2D eigenvalue weighted by Gasteiger charge is 2.22. The van der Waals surface area contributed by atoms with Gasteiger partial charge in [0.05, 0.1) is 0 Å². The number of cyclic esters (lactones) is 1. The Morgan fingerprint density at radius 1 is 1.23 bits per heavy atom. The summed E-state index contributed by atoms with van der Waals surface area (Å²) in [5, 5.41) is 0. The molecule has 2 rings (SSSR count). The normalized spacial score (nSPS) is 21.2. The Hall–Kier alpha value is -1.57. The van der Waals surface area contributed by atoms with Crippen LogP contribution in [0.15, 0.2) is 42.0 Å². The van der Waals surface area contributed by atoms with Gasteiger partial charge in [-0.3, -0.25) is 0 Å². The van der Waals surface area contributed by atoms with Crippen molar-refractivity contribution in [2.24, 2.45) is 0 Å². The van der Waals surface area contributed by atoms with Crippen LogP contribution in [0.1, 0.15) is 18.6 Å². The molecule has 0 aromatic heterocycles. The first-order valence-electron chi connectivity index (χ1n) is 4.22. The van der Waals surface area contributed by atoms with Crippen molar-refractivity contribution in [1.82, 2.24) is 0 Å². The van der Waals surface area contributed by atoms with E-state index in [4.69, 9.17) is 4.74 Å². The lowest BCUT2D eigenvalue weighted by molar-refractivity contribution is -0.139. The molecule has 0 saturated carbocycles. The second kappa shape index (κ2) is 3.05. The highest BCUT2D eigenvalue weighted by molar-refractivity contribution is 5.90. The largest absolute Gasteiger partial charge is 0.450 e. The van der Waals surface area contributed by atoms with Crippen LogP contribution in [-0.4, -0.2) is 5.97 Å². The van der Waals surface area contributed by atoms with Gasteiger partial charge in [0.25, 0.3) is 0 Å². The molecule has 0 N–H and O–H groups in total. The third-order valence-electron chi connectivity index (χ3n) is 2.09. The fraction of sp³-hybridized carbons (Fsp3) is 0.182. The van der Waals surface area contributed by atoms with Crippen molar-refractivity contribution in [3.05, 3.63) is 47.5 Å². The molecule has 0 amide bonds. The zero-order chi connectivity index (χ0) is 9.26. The summed E-state index contributed by atoms with van der Waals surface area (Å²) in [6.45, 7) is 1.77. The minimum Gasteiger partial charge on any atom is -0.450 e. The summed E-state index contributed by atoms with van der Waals surface area (Å²) < 4.78 is 5.13. The fourth-order valence-electron chi connectivity index (χ4n) is 1.34. The first-order valence-corrected chi connectivity index (χ1v) is 4.22. The maximum Gasteiger partial charge on any atom is 0.334 e. The predicted molar refractivity (Wildman–Crippen MR) is 49.0 cm³/mol. The minimum absolute atomic E-state index is 0.186. The van der Waals surface area contributed by atoms with E-state index < -0.39 is 0 Å². The molecule has 0 radical (unpaired) electrons. The van der Waals surface area contributed by atoms with Crippen molar-refractivity contribution < 1.29 is 9.53 Å². The molecule has 1 aromatic rings. The van der Waals surface area contributed by atoms with Crippen LogP contribution >= 0.6 is 0 Å². The van der Waals surface area contributed by atoms with Crippen LogP contribution in [0.2, 0.25) is 0 Å². The summed E-state index contributed by atoms with van der Waals surface area (Å²) >= 11 is 0. The molecular formula is C11H10O2. The maximum atomic E-state index is 11.1. The van der Waals surface area contributed by atoms with Gasteiger partial charge in [0.15, 0.2) is 0 Å². The predicted octanol–water partition coefficient (Wildman–Crippen LogP) is 2.23. The van der Waals surface area contributed by atoms with E-state index in [9.17, 15) is 4.79 Å². The quantitative estimate of drug-likeness (QED) is 0.610. The Labute approximate surface area is 76.8 Å². The Morgan fingerprint density at radius 3 is 2.46 bits per heavy atom. The lowest BCUT2D eigenvalue weighted by Gasteiger charge is -2.07. The van der Waals surface area contributed by atoms with Crippen LogP contribution in [0.25, 0.3) is 0 Å². The zero-order valence-electron chi connectivity index (χ0n) is 7.36. The van der Waals surface area contributed by atoms with Gasteiger partial charge in [-0.25, -0.2) is 4.79 Å². The minimum atomic E-state index is -0.214. The van der Waals surface area contributed by atoms with Crippen LogP contribution < -0.4 is 0 Å². The fourth-order valence-corrected chi connectivity index (χ4v) is 1.34. The van der Waals surface area contributed by atoms with Gasteiger partial charge < -0.3 is 4.74 Å². The van der Waals surface area contributed by atoms with Crippen molar-refractivity contribution in [3.63, 3.8) is 0 Å². The van der Waals surface area contributed by atoms with E-state index in [0.29, 0.717) is 5.57 Å². The summed E-state index contributed by atoms with van der Waals surface area (Å²) in [5.74, 6) is -0.214. The molecule has 1 aliphatic heterocycles. The van der Waals surface area contributed by atoms with Crippen molar-refractivity contribution in [2.45, 2.75) is 13.0 Å². The van der Waals surface area contributed by atoms with E-state index in [1.165, 1.54) is 0 Å². The van der Waals surface area contributed by atoms with E-state index in [1.54, 1.807) is 6.92 Å². The summed E-state index contributed by atoms with van der Waals surface area (Å²) in [6.07, 6.45) is 1.66. The molecule has 13 heavy (non-hydrogen) atoms. The lowest BCUT2D eigenvalue weighted by atomic mass is 10.1. The molecule has 1 atom stereocenters. The van der Waals surface area contributed by atoms with Crippen molar-refractivity contribution >= 4 is 5.97 Å². The van der Waals surface area contributed by atoms with E-state index in [-0.39, 0.29) is 12.1 Å². The van der Waals surface area contributed by atoms with Crippen LogP contribution in [0, 0.1) is 0 Å². The number of rotatable bonds is 1. The Kier molecular flexibility index (Phi) is 1.89. The molecule has 1 unspecified atom stereocenters. The first kappa shape index (κ1) is 8.05.